The number of likely N-dealkylation sites (N-methyl/N-ethyl adjacent to an activating group) is 1. The Kier molecular flexibility index (Phi) is 5.80. The summed E-state index contributed by atoms with van der Waals surface area (Å²) in [4.78, 5) is 0. The van der Waals surface area contributed by atoms with Crippen LogP contribution in [-0.2, 0) is 0 Å². The van der Waals surface area contributed by atoms with Crippen LogP contribution in [0.5, 0.6) is 0 Å². The Morgan fingerprint density at radius 3 is 2.73 bits per heavy atom. The first-order valence-electron chi connectivity index (χ1n) is 3.99. The van der Waals surface area contributed by atoms with Crippen LogP contribution >= 0.6 is 0 Å². The Hall–Kier alpha value is -0.600. The molecule has 0 aliphatic heterocycles. The summed E-state index contributed by atoms with van der Waals surface area (Å²) in [7, 11) is 0. The van der Waals surface area contributed by atoms with Gasteiger partial charge in [-0.2, -0.15) is 0 Å². The van der Waals surface area contributed by atoms with Crippen molar-refractivity contribution in [2.45, 2.75) is 26.5 Å². The molecule has 11 heavy (non-hydrogen) atoms. The van der Waals surface area contributed by atoms with Gasteiger partial charge in [0, 0.05) is 0 Å². The Bertz CT molecular complexity index is 140. The molecule has 0 fully saturated rings. The quantitative estimate of drug-likeness (QED) is 0.465. The highest BCUT2D eigenvalue weighted by Gasteiger charge is 2.01. The summed E-state index contributed by atoms with van der Waals surface area (Å²) in [6, 6.07) is 0. The average Bonchev–Trinajstić information content (AvgIpc) is 2.00. The number of hydrogen-bond donors (Lipinski definition) is 2. The summed E-state index contributed by atoms with van der Waals surface area (Å²) in [5.41, 5.74) is 0.716. The van der Waals surface area contributed by atoms with Gasteiger partial charge in [0.05, 0.1) is 0 Å². The van der Waals surface area contributed by atoms with E-state index in [9.17, 15) is 5.11 Å². The number of nitrogens with one attached hydrogen (secondary N) is 1. The van der Waals surface area contributed by atoms with Crippen LogP contribution in [0, 0.1) is 0 Å². The highest BCUT2D eigenvalue weighted by molar-refractivity contribution is 5.17. The number of aliphatic hydroxyl groups is 1. The van der Waals surface area contributed by atoms with Gasteiger partial charge in [0.15, 0.2) is 0 Å². The fourth-order valence-corrected chi connectivity index (χ4v) is 0.685. The maximum absolute atomic E-state index is 9.28. The lowest BCUT2D eigenvalue weighted by Crippen LogP contribution is -2.29. The summed E-state index contributed by atoms with van der Waals surface area (Å²) in [6.07, 6.45) is 4.19. The van der Waals surface area contributed by atoms with Crippen molar-refractivity contribution in [2.24, 2.45) is 0 Å². The molecular formula is C9H17NO. The molecule has 0 aliphatic rings. The maximum Gasteiger partial charge on any atom is 0.130 e. The Morgan fingerprint density at radius 2 is 2.27 bits per heavy atom. The lowest BCUT2D eigenvalue weighted by atomic mass is 10.2. The van der Waals surface area contributed by atoms with Gasteiger partial charge in [-0.25, -0.2) is 0 Å². The first-order chi connectivity index (χ1) is 5.22. The topological polar surface area (TPSA) is 32.3 Å². The molecule has 1 unspecified atom stereocenters. The Labute approximate surface area is 68.6 Å². The van der Waals surface area contributed by atoms with E-state index in [1.54, 1.807) is 0 Å². The minimum absolute atomic E-state index is 0.595. The molecule has 0 saturated carbocycles. The van der Waals surface area contributed by atoms with Gasteiger partial charge in [-0.1, -0.05) is 32.6 Å². The number of aliphatic hydroxyl groups excluding tert-OH is 1. The Balaban J connectivity index is 3.72. The average molecular weight is 155 g/mol. The molecule has 1 atom stereocenters. The van der Waals surface area contributed by atoms with Crippen LogP contribution in [0.15, 0.2) is 24.3 Å². The molecule has 0 aliphatic carbocycles. The van der Waals surface area contributed by atoms with Crippen LogP contribution in [-0.4, -0.2) is 17.9 Å². The molecule has 2 heteroatoms. The van der Waals surface area contributed by atoms with Crippen molar-refractivity contribution in [3.05, 3.63) is 24.3 Å². The largest absolute Gasteiger partial charge is 0.374 e. The highest BCUT2D eigenvalue weighted by atomic mass is 16.3. The van der Waals surface area contributed by atoms with E-state index in [1.807, 2.05) is 26.0 Å². The van der Waals surface area contributed by atoms with Gasteiger partial charge in [-0.3, -0.25) is 5.32 Å². The van der Waals surface area contributed by atoms with Gasteiger partial charge in [-0.05, 0) is 18.5 Å². The molecule has 2 N–H and O–H groups in total. The van der Waals surface area contributed by atoms with E-state index in [4.69, 9.17) is 0 Å². The molecular weight excluding hydrogens is 138 g/mol. The van der Waals surface area contributed by atoms with Crippen LogP contribution in [0.3, 0.4) is 0 Å². The van der Waals surface area contributed by atoms with Crippen molar-refractivity contribution in [2.75, 3.05) is 6.54 Å². The molecule has 64 valence electrons. The predicted octanol–water partition coefficient (Wildman–Crippen LogP) is 1.44. The zero-order valence-electron chi connectivity index (χ0n) is 7.30. The van der Waals surface area contributed by atoms with E-state index >= 15 is 0 Å². The fourth-order valence-electron chi connectivity index (χ4n) is 0.685. The minimum atomic E-state index is -0.595. The van der Waals surface area contributed by atoms with E-state index in [0.717, 1.165) is 13.0 Å². The molecule has 0 aromatic heterocycles. The van der Waals surface area contributed by atoms with Crippen molar-refractivity contribution in [1.82, 2.24) is 5.32 Å². The fraction of sp³-hybridized carbons (Fsp3) is 0.556. The number of allylic oxidation sites excluding steroid dienone is 1. The molecule has 2 nitrogen and oxygen atoms in total. The van der Waals surface area contributed by atoms with E-state index in [1.165, 1.54) is 0 Å². The summed E-state index contributed by atoms with van der Waals surface area (Å²) < 4.78 is 0. The molecule has 0 aromatic rings. The second kappa shape index (κ2) is 6.13. The van der Waals surface area contributed by atoms with Crippen LogP contribution in [0.2, 0.25) is 0 Å². The third kappa shape index (κ3) is 4.76. The molecule has 0 spiro atoms. The highest BCUT2D eigenvalue weighted by Crippen LogP contribution is 1.98. The molecule has 0 radical (unpaired) electrons. The Morgan fingerprint density at radius 1 is 1.64 bits per heavy atom. The minimum Gasteiger partial charge on any atom is -0.374 e. The molecule has 0 saturated heterocycles. The molecule has 0 heterocycles. The van der Waals surface area contributed by atoms with Crippen molar-refractivity contribution < 1.29 is 5.11 Å². The molecule has 0 bridgehead atoms. The van der Waals surface area contributed by atoms with E-state index < -0.39 is 6.23 Å². The number of hydrogen-bond acceptors (Lipinski definition) is 2. The SMILES string of the molecule is C=C(/C=C\CC)C(O)NCC. The van der Waals surface area contributed by atoms with E-state index in [2.05, 4.69) is 11.9 Å². The molecule has 0 aromatic carbocycles. The van der Waals surface area contributed by atoms with Crippen molar-refractivity contribution in [3.63, 3.8) is 0 Å². The monoisotopic (exact) mass is 155 g/mol. The van der Waals surface area contributed by atoms with Gasteiger partial charge < -0.3 is 5.11 Å². The second-order valence-corrected chi connectivity index (χ2v) is 2.35. The summed E-state index contributed by atoms with van der Waals surface area (Å²) >= 11 is 0. The maximum atomic E-state index is 9.28. The third-order valence-electron chi connectivity index (χ3n) is 1.32. The van der Waals surface area contributed by atoms with E-state index in [-0.39, 0.29) is 0 Å². The van der Waals surface area contributed by atoms with Crippen molar-refractivity contribution in [1.29, 1.82) is 0 Å². The lowest BCUT2D eigenvalue weighted by Gasteiger charge is -2.10. The zero-order valence-corrected chi connectivity index (χ0v) is 7.30. The number of rotatable bonds is 5. The van der Waals surface area contributed by atoms with E-state index in [0.29, 0.717) is 5.57 Å². The second-order valence-electron chi connectivity index (χ2n) is 2.35. The first kappa shape index (κ1) is 10.4. The van der Waals surface area contributed by atoms with Gasteiger partial charge >= 0.3 is 0 Å². The van der Waals surface area contributed by atoms with Gasteiger partial charge in [0.25, 0.3) is 0 Å². The van der Waals surface area contributed by atoms with Gasteiger partial charge in [0.1, 0.15) is 6.23 Å². The summed E-state index contributed by atoms with van der Waals surface area (Å²) in [5, 5.41) is 12.1. The third-order valence-corrected chi connectivity index (χ3v) is 1.32. The predicted molar refractivity (Wildman–Crippen MR) is 48.3 cm³/mol. The first-order valence-corrected chi connectivity index (χ1v) is 3.99. The van der Waals surface area contributed by atoms with Crippen LogP contribution in [0.25, 0.3) is 0 Å². The standard InChI is InChI=1S/C9H17NO/c1-4-6-7-8(3)9(11)10-5-2/h6-7,9-11H,3-5H2,1-2H3/b7-6-. The summed E-state index contributed by atoms with van der Waals surface area (Å²) in [6.45, 7) is 8.45. The van der Waals surface area contributed by atoms with Gasteiger partial charge in [0.2, 0.25) is 0 Å². The van der Waals surface area contributed by atoms with Gasteiger partial charge in [-0.15, -0.1) is 0 Å². The van der Waals surface area contributed by atoms with Crippen LogP contribution in [0.1, 0.15) is 20.3 Å². The van der Waals surface area contributed by atoms with Crippen LogP contribution in [0.4, 0.5) is 0 Å². The molecule has 0 amide bonds. The van der Waals surface area contributed by atoms with Crippen molar-refractivity contribution in [3.8, 4) is 0 Å². The van der Waals surface area contributed by atoms with Crippen molar-refractivity contribution >= 4 is 0 Å². The van der Waals surface area contributed by atoms with Crippen LogP contribution < -0.4 is 5.32 Å². The molecule has 0 rings (SSSR count). The zero-order chi connectivity index (χ0) is 8.69. The normalized spacial score (nSPS) is 13.7. The lowest BCUT2D eigenvalue weighted by molar-refractivity contribution is 0.179. The summed E-state index contributed by atoms with van der Waals surface area (Å²) in [5.74, 6) is 0. The smallest absolute Gasteiger partial charge is 0.130 e.